The van der Waals surface area contributed by atoms with Gasteiger partial charge in [-0.15, -0.1) is 0 Å². The lowest BCUT2D eigenvalue weighted by molar-refractivity contribution is -0.124. The lowest BCUT2D eigenvalue weighted by Crippen LogP contribution is -2.19. The van der Waals surface area contributed by atoms with Crippen LogP contribution in [0.3, 0.4) is 0 Å². The summed E-state index contributed by atoms with van der Waals surface area (Å²) in [6.07, 6.45) is 7.89. The Morgan fingerprint density at radius 3 is 1.58 bits per heavy atom. The van der Waals surface area contributed by atoms with Crippen molar-refractivity contribution in [3.05, 3.63) is 0 Å². The fourth-order valence-electron chi connectivity index (χ4n) is 3.80. The number of Topliss-reactive ketones (excluding diaryl/α,β-unsaturated/α-hetero) is 1. The number of ketones is 1. The lowest BCUT2D eigenvalue weighted by Gasteiger charge is -2.29. The maximum atomic E-state index is 11.9. The molecular weight excluding hydrogens is 148 g/mol. The Kier molecular flexibility index (Phi) is 1.38. The summed E-state index contributed by atoms with van der Waals surface area (Å²) < 4.78 is 0. The summed E-state index contributed by atoms with van der Waals surface area (Å²) in [7, 11) is 0. The van der Waals surface area contributed by atoms with Crippen LogP contribution in [0.15, 0.2) is 0 Å². The van der Waals surface area contributed by atoms with E-state index < -0.39 is 0 Å². The number of hydrogen-bond donors (Lipinski definition) is 0. The second kappa shape index (κ2) is 2.34. The summed E-state index contributed by atoms with van der Waals surface area (Å²) in [5.74, 6) is 3.24. The molecule has 1 heteroatoms. The van der Waals surface area contributed by atoms with Gasteiger partial charge >= 0.3 is 0 Å². The molecule has 0 unspecified atom stereocenters. The summed E-state index contributed by atoms with van der Waals surface area (Å²) in [6.45, 7) is 0. The predicted octanol–water partition coefficient (Wildman–Crippen LogP) is 2.40. The van der Waals surface area contributed by atoms with E-state index in [4.69, 9.17) is 0 Å². The third-order valence-corrected chi connectivity index (χ3v) is 4.47. The Bertz CT molecular complexity index is 191. The molecule has 0 radical (unpaired) electrons. The maximum Gasteiger partial charge on any atom is 0.139 e. The average Bonchev–Trinajstić information content (AvgIpc) is 2.32. The Labute approximate surface area is 73.5 Å². The minimum absolute atomic E-state index is 0.502. The van der Waals surface area contributed by atoms with Crippen molar-refractivity contribution in [1.82, 2.24) is 0 Å². The zero-order valence-corrected chi connectivity index (χ0v) is 7.46. The minimum atomic E-state index is 0.502. The first-order valence-corrected chi connectivity index (χ1v) is 5.40. The van der Waals surface area contributed by atoms with Crippen LogP contribution in [0.1, 0.15) is 38.5 Å². The van der Waals surface area contributed by atoms with Crippen molar-refractivity contribution in [3.8, 4) is 0 Å². The molecule has 0 aromatic heterocycles. The van der Waals surface area contributed by atoms with E-state index >= 15 is 0 Å². The van der Waals surface area contributed by atoms with Crippen LogP contribution in [0.2, 0.25) is 0 Å². The molecule has 4 bridgehead atoms. The monoisotopic (exact) mass is 164 g/mol. The smallest absolute Gasteiger partial charge is 0.139 e. The van der Waals surface area contributed by atoms with Crippen molar-refractivity contribution in [2.24, 2.45) is 23.7 Å². The number of hydrogen-bond acceptors (Lipinski definition) is 1. The van der Waals surface area contributed by atoms with Gasteiger partial charge in [-0.25, -0.2) is 0 Å². The molecule has 4 aliphatic carbocycles. The van der Waals surface area contributed by atoms with Gasteiger partial charge in [0.1, 0.15) is 5.78 Å². The zero-order valence-electron chi connectivity index (χ0n) is 7.46. The van der Waals surface area contributed by atoms with Gasteiger partial charge in [0, 0.05) is 11.8 Å². The van der Waals surface area contributed by atoms with E-state index in [9.17, 15) is 4.79 Å². The highest BCUT2D eigenvalue weighted by Gasteiger charge is 2.47. The molecule has 0 aromatic carbocycles. The summed E-state index contributed by atoms with van der Waals surface area (Å²) in [5, 5.41) is 0. The van der Waals surface area contributed by atoms with Crippen LogP contribution in [0.4, 0.5) is 0 Å². The van der Waals surface area contributed by atoms with Crippen LogP contribution in [-0.4, -0.2) is 5.78 Å². The molecule has 0 spiro atoms. The molecule has 4 fully saturated rings. The van der Waals surface area contributed by atoms with Crippen LogP contribution in [0.25, 0.3) is 0 Å². The fourth-order valence-corrected chi connectivity index (χ4v) is 3.80. The average molecular weight is 164 g/mol. The SMILES string of the molecule is O=C1[C@H]2CC[C@@H]1C1CCC2CC1. The molecule has 66 valence electrons. The highest BCUT2D eigenvalue weighted by atomic mass is 16.1. The fraction of sp³-hybridized carbons (Fsp3) is 0.909. The number of fused-ring (bicyclic) bond motifs is 2. The molecule has 4 saturated carbocycles. The van der Waals surface area contributed by atoms with Crippen molar-refractivity contribution in [2.45, 2.75) is 38.5 Å². The largest absolute Gasteiger partial charge is 0.299 e. The van der Waals surface area contributed by atoms with Gasteiger partial charge in [-0.2, -0.15) is 0 Å². The third-order valence-electron chi connectivity index (χ3n) is 4.47. The summed E-state index contributed by atoms with van der Waals surface area (Å²) >= 11 is 0. The second-order valence-corrected chi connectivity index (χ2v) is 4.87. The van der Waals surface area contributed by atoms with Gasteiger partial charge in [0.05, 0.1) is 0 Å². The summed E-state index contributed by atoms with van der Waals surface area (Å²) in [4.78, 5) is 11.9. The van der Waals surface area contributed by atoms with Crippen molar-refractivity contribution < 1.29 is 4.79 Å². The quantitative estimate of drug-likeness (QED) is 0.537. The first kappa shape index (κ1) is 7.11. The number of carbonyl (C=O) groups excluding carboxylic acids is 1. The van der Waals surface area contributed by atoms with E-state index in [1.54, 1.807) is 0 Å². The number of carbonyl (C=O) groups is 1. The topological polar surface area (TPSA) is 17.1 Å². The summed E-state index contributed by atoms with van der Waals surface area (Å²) in [6, 6.07) is 0. The third kappa shape index (κ3) is 0.773. The van der Waals surface area contributed by atoms with Crippen LogP contribution in [0, 0.1) is 23.7 Å². The van der Waals surface area contributed by atoms with Gasteiger partial charge in [-0.05, 0) is 50.4 Å². The Morgan fingerprint density at radius 1 is 0.750 bits per heavy atom. The van der Waals surface area contributed by atoms with E-state index in [1.807, 2.05) is 0 Å². The molecule has 0 aliphatic heterocycles. The van der Waals surface area contributed by atoms with Gasteiger partial charge in [-0.3, -0.25) is 4.79 Å². The van der Waals surface area contributed by atoms with Crippen LogP contribution < -0.4 is 0 Å². The van der Waals surface area contributed by atoms with Gasteiger partial charge in [0.15, 0.2) is 0 Å². The Morgan fingerprint density at radius 2 is 1.17 bits per heavy atom. The summed E-state index contributed by atoms with van der Waals surface area (Å²) in [5.41, 5.74) is 0. The predicted molar refractivity (Wildman–Crippen MR) is 46.7 cm³/mol. The van der Waals surface area contributed by atoms with Gasteiger partial charge < -0.3 is 0 Å². The number of rotatable bonds is 0. The molecule has 2 atom stereocenters. The van der Waals surface area contributed by atoms with E-state index in [-0.39, 0.29) is 0 Å². The normalized spacial score (nSPS) is 51.2. The second-order valence-electron chi connectivity index (χ2n) is 4.87. The molecule has 12 heavy (non-hydrogen) atoms. The molecule has 0 N–H and O–H groups in total. The van der Waals surface area contributed by atoms with Crippen LogP contribution in [-0.2, 0) is 4.79 Å². The molecule has 4 aliphatic rings. The van der Waals surface area contributed by atoms with E-state index in [0.717, 1.165) is 11.8 Å². The van der Waals surface area contributed by atoms with Gasteiger partial charge in [0.2, 0.25) is 0 Å². The lowest BCUT2D eigenvalue weighted by atomic mass is 9.75. The molecule has 0 aromatic rings. The van der Waals surface area contributed by atoms with Crippen LogP contribution >= 0.6 is 0 Å². The zero-order chi connectivity index (χ0) is 8.13. The van der Waals surface area contributed by atoms with E-state index in [0.29, 0.717) is 17.6 Å². The molecule has 1 nitrogen and oxygen atoms in total. The first-order valence-electron chi connectivity index (χ1n) is 5.40. The van der Waals surface area contributed by atoms with Crippen molar-refractivity contribution in [3.63, 3.8) is 0 Å². The molecular formula is C11H16O. The highest BCUT2D eigenvalue weighted by Crippen LogP contribution is 2.50. The van der Waals surface area contributed by atoms with Crippen molar-refractivity contribution in [1.29, 1.82) is 0 Å². The van der Waals surface area contributed by atoms with Gasteiger partial charge in [-0.1, -0.05) is 0 Å². The molecule has 0 amide bonds. The van der Waals surface area contributed by atoms with Crippen LogP contribution in [0.5, 0.6) is 0 Å². The van der Waals surface area contributed by atoms with Crippen molar-refractivity contribution in [2.75, 3.05) is 0 Å². The van der Waals surface area contributed by atoms with E-state index in [2.05, 4.69) is 0 Å². The molecule has 0 saturated heterocycles. The minimum Gasteiger partial charge on any atom is -0.299 e. The molecule has 4 rings (SSSR count). The first-order chi connectivity index (χ1) is 5.86. The van der Waals surface area contributed by atoms with Gasteiger partial charge in [0.25, 0.3) is 0 Å². The van der Waals surface area contributed by atoms with E-state index in [1.165, 1.54) is 38.5 Å². The van der Waals surface area contributed by atoms with Crippen molar-refractivity contribution >= 4 is 5.78 Å². The molecule has 0 heterocycles. The Hall–Kier alpha value is -0.330. The highest BCUT2D eigenvalue weighted by molar-refractivity contribution is 5.86. The standard InChI is InChI=1S/C11H16O/c12-11-9-5-6-10(11)8-2-1-7(9)3-4-8/h7-10H,1-6H2/t7?,8?,9-,10+. The maximum absolute atomic E-state index is 11.9. The Balaban J connectivity index is 2.01.